The fraction of sp³-hybridized carbons (Fsp3) is 0.278. The fourth-order valence-corrected chi connectivity index (χ4v) is 4.37. The molecule has 1 aliphatic heterocycles. The van der Waals surface area contributed by atoms with Gasteiger partial charge in [-0.15, -0.1) is 0 Å². The maximum Gasteiger partial charge on any atom is 0.206 e. The van der Waals surface area contributed by atoms with Crippen molar-refractivity contribution in [1.29, 1.82) is 5.26 Å². The predicted molar refractivity (Wildman–Crippen MR) is 94.2 cm³/mol. The third-order valence-corrected chi connectivity index (χ3v) is 7.36. The minimum atomic E-state index is -3.62. The summed E-state index contributed by atoms with van der Waals surface area (Å²) in [4.78, 5) is 0.508. The highest BCUT2D eigenvalue weighted by atomic mass is 79.9. The molecule has 0 bridgehead atoms. The molecular formula is C18H16BrNO3S. The van der Waals surface area contributed by atoms with Crippen LogP contribution >= 0.6 is 15.9 Å². The zero-order valence-corrected chi connectivity index (χ0v) is 15.7. The van der Waals surface area contributed by atoms with Crippen LogP contribution in [-0.4, -0.2) is 18.8 Å². The maximum atomic E-state index is 12.8. The van der Waals surface area contributed by atoms with Gasteiger partial charge >= 0.3 is 0 Å². The average molecular weight is 406 g/mol. The molecule has 24 heavy (non-hydrogen) atoms. The summed E-state index contributed by atoms with van der Waals surface area (Å²) in [5, 5.41) is 8.83. The van der Waals surface area contributed by atoms with Gasteiger partial charge in [-0.05, 0) is 68.3 Å². The van der Waals surface area contributed by atoms with Crippen LogP contribution < -0.4 is 4.74 Å². The van der Waals surface area contributed by atoms with Gasteiger partial charge in [-0.3, -0.25) is 0 Å². The van der Waals surface area contributed by atoms with Crippen LogP contribution in [0.3, 0.4) is 0 Å². The van der Waals surface area contributed by atoms with Crippen LogP contribution in [0, 0.1) is 11.3 Å². The second-order valence-corrected chi connectivity index (χ2v) is 9.34. The molecule has 2 aromatic rings. The molecule has 3 rings (SSSR count). The SMILES string of the molecule is CC1(C)Oc2ccc(S(=O)(=O)c3ccc(C#N)cc3)cc2CC1Br. The second kappa shape index (κ2) is 5.91. The summed E-state index contributed by atoms with van der Waals surface area (Å²) in [6, 6.07) is 12.9. The van der Waals surface area contributed by atoms with Crippen LogP contribution in [0.2, 0.25) is 0 Å². The van der Waals surface area contributed by atoms with Crippen molar-refractivity contribution in [1.82, 2.24) is 0 Å². The van der Waals surface area contributed by atoms with Gasteiger partial charge in [0, 0.05) is 0 Å². The predicted octanol–water partition coefficient (Wildman–Crippen LogP) is 3.87. The van der Waals surface area contributed by atoms with Gasteiger partial charge in [0.25, 0.3) is 0 Å². The summed E-state index contributed by atoms with van der Waals surface area (Å²) in [5.41, 5.74) is 0.948. The average Bonchev–Trinajstić information content (AvgIpc) is 2.55. The Labute approximate surface area is 150 Å². The van der Waals surface area contributed by atoms with Crippen LogP contribution in [0.5, 0.6) is 5.75 Å². The molecule has 1 unspecified atom stereocenters. The number of rotatable bonds is 2. The first-order valence-corrected chi connectivity index (χ1v) is 9.85. The van der Waals surface area contributed by atoms with Crippen LogP contribution in [-0.2, 0) is 16.3 Å². The highest BCUT2D eigenvalue weighted by Crippen LogP contribution is 2.38. The lowest BCUT2D eigenvalue weighted by atomic mass is 9.94. The number of fused-ring (bicyclic) bond motifs is 1. The van der Waals surface area contributed by atoms with E-state index in [4.69, 9.17) is 10.00 Å². The minimum Gasteiger partial charge on any atom is -0.486 e. The van der Waals surface area contributed by atoms with Crippen LogP contribution in [0.4, 0.5) is 0 Å². The number of nitrogens with zero attached hydrogens (tertiary/aromatic N) is 1. The van der Waals surface area contributed by atoms with Gasteiger partial charge in [-0.25, -0.2) is 8.42 Å². The molecule has 0 amide bonds. The van der Waals surface area contributed by atoms with E-state index in [1.165, 1.54) is 24.3 Å². The first kappa shape index (κ1) is 17.0. The monoisotopic (exact) mass is 405 g/mol. The summed E-state index contributed by atoms with van der Waals surface area (Å²) in [7, 11) is -3.62. The molecule has 1 heterocycles. The van der Waals surface area contributed by atoms with Crippen molar-refractivity contribution in [3.05, 3.63) is 53.6 Å². The quantitative estimate of drug-likeness (QED) is 0.711. The zero-order chi connectivity index (χ0) is 17.5. The second-order valence-electron chi connectivity index (χ2n) is 6.29. The van der Waals surface area contributed by atoms with Gasteiger partial charge in [0.2, 0.25) is 9.84 Å². The molecule has 6 heteroatoms. The molecule has 0 fully saturated rings. The Morgan fingerprint density at radius 3 is 2.42 bits per heavy atom. The first-order valence-electron chi connectivity index (χ1n) is 7.45. The van der Waals surface area contributed by atoms with E-state index in [9.17, 15) is 8.42 Å². The van der Waals surface area contributed by atoms with Crippen molar-refractivity contribution in [3.63, 3.8) is 0 Å². The minimum absolute atomic E-state index is 0.102. The van der Waals surface area contributed by atoms with Crippen LogP contribution in [0.25, 0.3) is 0 Å². The number of halogens is 1. The number of hydrogen-bond acceptors (Lipinski definition) is 4. The Morgan fingerprint density at radius 2 is 1.79 bits per heavy atom. The van der Waals surface area contributed by atoms with Crippen molar-refractivity contribution < 1.29 is 13.2 Å². The van der Waals surface area contributed by atoms with E-state index >= 15 is 0 Å². The van der Waals surface area contributed by atoms with E-state index in [1.54, 1.807) is 18.2 Å². The van der Waals surface area contributed by atoms with Crippen molar-refractivity contribution in [2.24, 2.45) is 0 Å². The Balaban J connectivity index is 2.01. The van der Waals surface area contributed by atoms with Crippen molar-refractivity contribution in [2.45, 2.75) is 40.5 Å². The van der Waals surface area contributed by atoms with Crippen molar-refractivity contribution in [2.75, 3.05) is 0 Å². The molecule has 0 aromatic heterocycles. The van der Waals surface area contributed by atoms with Gasteiger partial charge in [0.05, 0.1) is 26.3 Å². The number of alkyl halides is 1. The molecule has 1 atom stereocenters. The summed E-state index contributed by atoms with van der Waals surface area (Å²) in [6.07, 6.45) is 0.694. The molecule has 0 aliphatic carbocycles. The summed E-state index contributed by atoms with van der Waals surface area (Å²) in [5.74, 6) is 0.717. The highest BCUT2D eigenvalue weighted by molar-refractivity contribution is 9.09. The van der Waals surface area contributed by atoms with Gasteiger partial charge in [-0.2, -0.15) is 5.26 Å². The molecule has 0 saturated heterocycles. The molecule has 0 spiro atoms. The fourth-order valence-electron chi connectivity index (χ4n) is 2.61. The lowest BCUT2D eigenvalue weighted by Crippen LogP contribution is -2.42. The van der Waals surface area contributed by atoms with E-state index < -0.39 is 9.84 Å². The molecule has 2 aromatic carbocycles. The molecule has 0 N–H and O–H groups in total. The highest BCUT2D eigenvalue weighted by Gasteiger charge is 2.35. The van der Waals surface area contributed by atoms with Gasteiger partial charge in [0.1, 0.15) is 11.4 Å². The van der Waals surface area contributed by atoms with Crippen molar-refractivity contribution >= 4 is 25.8 Å². The van der Waals surface area contributed by atoms with Crippen LogP contribution in [0.1, 0.15) is 25.0 Å². The summed E-state index contributed by atoms with van der Waals surface area (Å²) in [6.45, 7) is 3.99. The Kier molecular flexibility index (Phi) is 4.18. The molecule has 0 saturated carbocycles. The van der Waals surface area contributed by atoms with Gasteiger partial charge in [0.15, 0.2) is 0 Å². The largest absolute Gasteiger partial charge is 0.486 e. The Bertz CT molecular complexity index is 928. The smallest absolute Gasteiger partial charge is 0.206 e. The third-order valence-electron chi connectivity index (χ3n) is 4.16. The third kappa shape index (κ3) is 2.94. The van der Waals surface area contributed by atoms with Crippen LogP contribution in [0.15, 0.2) is 52.3 Å². The topological polar surface area (TPSA) is 67.2 Å². The number of sulfone groups is 1. The van der Waals surface area contributed by atoms with Gasteiger partial charge < -0.3 is 4.74 Å². The van der Waals surface area contributed by atoms with E-state index in [1.807, 2.05) is 19.9 Å². The Hall–Kier alpha value is -1.84. The number of hydrogen-bond donors (Lipinski definition) is 0. The van der Waals surface area contributed by atoms with E-state index in [2.05, 4.69) is 15.9 Å². The van der Waals surface area contributed by atoms with E-state index in [0.717, 1.165) is 11.3 Å². The summed E-state index contributed by atoms with van der Waals surface area (Å²) < 4.78 is 31.5. The molecule has 1 aliphatic rings. The lowest BCUT2D eigenvalue weighted by molar-refractivity contribution is 0.0934. The van der Waals surface area contributed by atoms with E-state index in [-0.39, 0.29) is 20.2 Å². The van der Waals surface area contributed by atoms with Gasteiger partial charge in [-0.1, -0.05) is 15.9 Å². The number of benzene rings is 2. The molecule has 124 valence electrons. The molecule has 0 radical (unpaired) electrons. The number of ether oxygens (including phenoxy) is 1. The van der Waals surface area contributed by atoms with E-state index in [0.29, 0.717) is 12.0 Å². The van der Waals surface area contributed by atoms with Crippen molar-refractivity contribution in [3.8, 4) is 11.8 Å². The number of nitriles is 1. The molecule has 4 nitrogen and oxygen atoms in total. The molecular weight excluding hydrogens is 390 g/mol. The zero-order valence-electron chi connectivity index (χ0n) is 13.3. The lowest BCUT2D eigenvalue weighted by Gasteiger charge is -2.37. The first-order chi connectivity index (χ1) is 11.2. The summed E-state index contributed by atoms with van der Waals surface area (Å²) >= 11 is 3.61. The standard InChI is InChI=1S/C18H16BrNO3S/c1-18(2)17(19)10-13-9-15(7-8-16(13)23-18)24(21,22)14-5-3-12(11-20)4-6-14/h3-9,17H,10H2,1-2H3. The maximum absolute atomic E-state index is 12.8. The normalized spacial score (nSPS) is 19.0. The Morgan fingerprint density at radius 1 is 1.17 bits per heavy atom.